The largest absolute Gasteiger partial charge is 0.363 e. The number of nitrogens with zero attached hydrogens (tertiary/aromatic N) is 2. The van der Waals surface area contributed by atoms with Crippen LogP contribution in [0.4, 0.5) is 5.82 Å². The van der Waals surface area contributed by atoms with E-state index in [9.17, 15) is 0 Å². The van der Waals surface area contributed by atoms with Crippen molar-refractivity contribution in [3.05, 3.63) is 51.3 Å². The molecule has 0 bridgehead atoms. The van der Waals surface area contributed by atoms with Crippen LogP contribution in [0.3, 0.4) is 0 Å². The summed E-state index contributed by atoms with van der Waals surface area (Å²) in [6, 6.07) is 10.3. The van der Waals surface area contributed by atoms with Gasteiger partial charge in [-0.3, -0.25) is 0 Å². The van der Waals surface area contributed by atoms with E-state index in [1.165, 1.54) is 11.9 Å². The predicted octanol–water partition coefficient (Wildman–Crippen LogP) is 4.17. The van der Waals surface area contributed by atoms with Crippen molar-refractivity contribution >= 4 is 37.7 Å². The lowest BCUT2D eigenvalue weighted by Crippen LogP contribution is -2.07. The molecule has 0 aliphatic heterocycles. The van der Waals surface area contributed by atoms with Gasteiger partial charge in [-0.2, -0.15) is 0 Å². The zero-order chi connectivity index (χ0) is 12.3. The molecular weight excluding hydrogens is 346 g/mol. The first-order valence-corrected chi connectivity index (χ1v) is 6.73. The summed E-state index contributed by atoms with van der Waals surface area (Å²) in [6.07, 6.45) is 1.53. The summed E-state index contributed by atoms with van der Waals surface area (Å²) in [4.78, 5) is 8.15. The molecule has 2 aromatic rings. The fraction of sp³-hybridized carbons (Fsp3) is 0.167. The van der Waals surface area contributed by atoms with Crippen LogP contribution in [0.2, 0.25) is 0 Å². The molecule has 0 amide bonds. The van der Waals surface area contributed by atoms with E-state index in [2.05, 4.69) is 66.2 Å². The van der Waals surface area contributed by atoms with E-state index in [1.807, 2.05) is 18.2 Å². The van der Waals surface area contributed by atoms with Gasteiger partial charge in [0, 0.05) is 16.6 Å². The molecule has 0 saturated carbocycles. The fourth-order valence-corrected chi connectivity index (χ4v) is 2.04. The monoisotopic (exact) mass is 355 g/mol. The van der Waals surface area contributed by atoms with Crippen LogP contribution in [0.5, 0.6) is 0 Å². The van der Waals surface area contributed by atoms with Gasteiger partial charge in [-0.05, 0) is 40.5 Å². The normalized spacial score (nSPS) is 12.2. The van der Waals surface area contributed by atoms with Crippen molar-refractivity contribution in [3.63, 3.8) is 0 Å². The number of benzene rings is 1. The topological polar surface area (TPSA) is 37.8 Å². The van der Waals surface area contributed by atoms with E-state index >= 15 is 0 Å². The molecular formula is C12H11Br2N3. The minimum absolute atomic E-state index is 0.199. The number of aromatic nitrogens is 2. The summed E-state index contributed by atoms with van der Waals surface area (Å²) in [5.74, 6) is 0.808. The molecule has 1 heterocycles. The van der Waals surface area contributed by atoms with Crippen molar-refractivity contribution in [1.29, 1.82) is 0 Å². The van der Waals surface area contributed by atoms with Gasteiger partial charge in [-0.25, -0.2) is 9.97 Å². The third kappa shape index (κ3) is 3.51. The molecule has 0 radical (unpaired) electrons. The SMILES string of the molecule is CC(Nc1cc(Br)ncn1)c1ccc(Br)cc1. The third-order valence-corrected chi connectivity index (χ3v) is 3.33. The fourth-order valence-electron chi connectivity index (χ4n) is 1.47. The second-order valence-corrected chi connectivity index (χ2v) is 5.37. The molecule has 88 valence electrons. The van der Waals surface area contributed by atoms with Crippen molar-refractivity contribution in [2.45, 2.75) is 13.0 Å². The van der Waals surface area contributed by atoms with Crippen molar-refractivity contribution in [3.8, 4) is 0 Å². The van der Waals surface area contributed by atoms with Crippen molar-refractivity contribution in [1.82, 2.24) is 9.97 Å². The van der Waals surface area contributed by atoms with Crippen LogP contribution >= 0.6 is 31.9 Å². The zero-order valence-corrected chi connectivity index (χ0v) is 12.4. The Balaban J connectivity index is 2.11. The summed E-state index contributed by atoms with van der Waals surface area (Å²) in [6.45, 7) is 2.10. The molecule has 3 nitrogen and oxygen atoms in total. The number of nitrogens with one attached hydrogen (secondary N) is 1. The minimum Gasteiger partial charge on any atom is -0.363 e. The highest BCUT2D eigenvalue weighted by Crippen LogP contribution is 2.20. The van der Waals surface area contributed by atoms with Crippen LogP contribution < -0.4 is 5.32 Å². The number of rotatable bonds is 3. The molecule has 2 rings (SSSR count). The summed E-state index contributed by atoms with van der Waals surface area (Å²) in [7, 11) is 0. The highest BCUT2D eigenvalue weighted by atomic mass is 79.9. The second-order valence-electron chi connectivity index (χ2n) is 3.64. The van der Waals surface area contributed by atoms with E-state index in [-0.39, 0.29) is 6.04 Å². The maximum absolute atomic E-state index is 4.16. The van der Waals surface area contributed by atoms with Crippen molar-refractivity contribution in [2.24, 2.45) is 0 Å². The van der Waals surface area contributed by atoms with E-state index in [0.717, 1.165) is 14.9 Å². The first kappa shape index (κ1) is 12.5. The maximum Gasteiger partial charge on any atom is 0.130 e. The molecule has 0 fully saturated rings. The van der Waals surface area contributed by atoms with Crippen LogP contribution in [0, 0.1) is 0 Å². The van der Waals surface area contributed by atoms with Gasteiger partial charge in [0.05, 0.1) is 0 Å². The molecule has 1 aromatic heterocycles. The molecule has 0 aliphatic carbocycles. The lowest BCUT2D eigenvalue weighted by molar-refractivity contribution is 0.870. The molecule has 5 heteroatoms. The molecule has 0 aliphatic rings. The average Bonchev–Trinajstić information content (AvgIpc) is 2.29. The lowest BCUT2D eigenvalue weighted by atomic mass is 10.1. The highest BCUT2D eigenvalue weighted by Gasteiger charge is 2.06. The molecule has 1 atom stereocenters. The van der Waals surface area contributed by atoms with Gasteiger partial charge in [0.2, 0.25) is 0 Å². The molecule has 0 spiro atoms. The highest BCUT2D eigenvalue weighted by molar-refractivity contribution is 9.10. The Bertz CT molecular complexity index is 499. The Morgan fingerprint density at radius 1 is 1.12 bits per heavy atom. The second kappa shape index (κ2) is 5.60. The van der Waals surface area contributed by atoms with Crippen LogP contribution in [-0.4, -0.2) is 9.97 Å². The van der Waals surface area contributed by atoms with Crippen molar-refractivity contribution in [2.75, 3.05) is 5.32 Å². The summed E-state index contributed by atoms with van der Waals surface area (Å²) >= 11 is 6.74. The van der Waals surface area contributed by atoms with Gasteiger partial charge in [0.15, 0.2) is 0 Å². The number of hydrogen-bond donors (Lipinski definition) is 1. The smallest absolute Gasteiger partial charge is 0.130 e. The molecule has 1 unspecified atom stereocenters. The van der Waals surface area contributed by atoms with Crippen LogP contribution in [-0.2, 0) is 0 Å². The van der Waals surface area contributed by atoms with E-state index in [0.29, 0.717) is 0 Å². The Morgan fingerprint density at radius 2 is 1.82 bits per heavy atom. The minimum atomic E-state index is 0.199. The Morgan fingerprint density at radius 3 is 2.47 bits per heavy atom. The summed E-state index contributed by atoms with van der Waals surface area (Å²) in [5.41, 5.74) is 1.21. The lowest BCUT2D eigenvalue weighted by Gasteiger charge is -2.14. The quantitative estimate of drug-likeness (QED) is 0.838. The predicted molar refractivity (Wildman–Crippen MR) is 75.9 cm³/mol. The van der Waals surface area contributed by atoms with E-state index < -0.39 is 0 Å². The maximum atomic E-state index is 4.16. The van der Waals surface area contributed by atoms with Gasteiger partial charge >= 0.3 is 0 Å². The Hall–Kier alpha value is -0.940. The van der Waals surface area contributed by atoms with Gasteiger partial charge in [-0.15, -0.1) is 0 Å². The first-order valence-electron chi connectivity index (χ1n) is 5.14. The van der Waals surface area contributed by atoms with Crippen LogP contribution in [0.1, 0.15) is 18.5 Å². The van der Waals surface area contributed by atoms with E-state index in [1.54, 1.807) is 0 Å². The average molecular weight is 357 g/mol. The van der Waals surface area contributed by atoms with E-state index in [4.69, 9.17) is 0 Å². The van der Waals surface area contributed by atoms with Crippen LogP contribution in [0.25, 0.3) is 0 Å². The standard InChI is InChI=1S/C12H11Br2N3/c1-8(9-2-4-10(13)5-3-9)17-12-6-11(14)15-7-16-12/h2-8H,1H3,(H,15,16,17). The first-order chi connectivity index (χ1) is 8.15. The number of halogens is 2. The van der Waals surface area contributed by atoms with Crippen LogP contribution in [0.15, 0.2) is 45.7 Å². The van der Waals surface area contributed by atoms with Gasteiger partial charge in [0.25, 0.3) is 0 Å². The number of hydrogen-bond acceptors (Lipinski definition) is 3. The molecule has 1 N–H and O–H groups in total. The molecule has 1 aromatic carbocycles. The molecule has 17 heavy (non-hydrogen) atoms. The molecule has 0 saturated heterocycles. The van der Waals surface area contributed by atoms with Gasteiger partial charge in [0.1, 0.15) is 16.7 Å². The third-order valence-electron chi connectivity index (χ3n) is 2.37. The van der Waals surface area contributed by atoms with Crippen molar-refractivity contribution < 1.29 is 0 Å². The summed E-state index contributed by atoms with van der Waals surface area (Å²) < 4.78 is 1.86. The Kier molecular flexibility index (Phi) is 4.12. The van der Waals surface area contributed by atoms with Gasteiger partial charge in [-0.1, -0.05) is 28.1 Å². The zero-order valence-electron chi connectivity index (χ0n) is 9.19. The van der Waals surface area contributed by atoms with Gasteiger partial charge < -0.3 is 5.32 Å². The number of anilines is 1. The Labute approximate surface area is 117 Å². The summed E-state index contributed by atoms with van der Waals surface area (Å²) in [5, 5.41) is 3.32.